The molecule has 3 aromatic rings. The van der Waals surface area contributed by atoms with Gasteiger partial charge in [0.05, 0.1) is 19.2 Å². The van der Waals surface area contributed by atoms with Gasteiger partial charge in [-0.05, 0) is 44.0 Å². The standard InChI is InChI=1S/C24H28N4O2/c1-17-10-12-18(13-11-17)15-25-23-19-7-3-4-8-20(19)26-22(27-23)16-28-14-6-5-9-21(28)24(29)30-2/h3-4,7-8,10-13,21H,5-6,9,14-16H2,1-2H3,(H,25,26,27). The van der Waals surface area contributed by atoms with Crippen LogP contribution in [0.2, 0.25) is 0 Å². The summed E-state index contributed by atoms with van der Waals surface area (Å²) in [6.45, 7) is 4.16. The van der Waals surface area contributed by atoms with Crippen molar-refractivity contribution in [3.8, 4) is 0 Å². The van der Waals surface area contributed by atoms with Crippen LogP contribution < -0.4 is 5.32 Å². The number of methoxy groups -OCH3 is 1. The fraction of sp³-hybridized carbons (Fsp3) is 0.375. The molecule has 1 unspecified atom stereocenters. The molecule has 156 valence electrons. The Bertz CT molecular complexity index is 1020. The molecular formula is C24H28N4O2. The number of likely N-dealkylation sites (tertiary alicyclic amines) is 1. The van der Waals surface area contributed by atoms with Crippen LogP contribution in [0.15, 0.2) is 48.5 Å². The molecule has 1 aliphatic heterocycles. The molecule has 6 nitrogen and oxygen atoms in total. The highest BCUT2D eigenvalue weighted by atomic mass is 16.5. The molecule has 30 heavy (non-hydrogen) atoms. The van der Waals surface area contributed by atoms with Crippen LogP contribution in [-0.2, 0) is 22.6 Å². The summed E-state index contributed by atoms with van der Waals surface area (Å²) >= 11 is 0. The number of nitrogens with one attached hydrogen (secondary N) is 1. The number of carbonyl (C=O) groups excluding carboxylic acids is 1. The van der Waals surface area contributed by atoms with Crippen LogP contribution >= 0.6 is 0 Å². The lowest BCUT2D eigenvalue weighted by Gasteiger charge is -2.33. The van der Waals surface area contributed by atoms with Gasteiger partial charge in [-0.3, -0.25) is 9.69 Å². The number of fused-ring (bicyclic) bond motifs is 1. The number of rotatable bonds is 6. The first-order valence-corrected chi connectivity index (χ1v) is 10.5. The fourth-order valence-corrected chi connectivity index (χ4v) is 3.99. The number of anilines is 1. The topological polar surface area (TPSA) is 67.3 Å². The van der Waals surface area contributed by atoms with Gasteiger partial charge in [0.1, 0.15) is 17.7 Å². The molecule has 1 N–H and O–H groups in total. The zero-order valence-corrected chi connectivity index (χ0v) is 17.6. The molecule has 1 aliphatic rings. The van der Waals surface area contributed by atoms with Gasteiger partial charge in [-0.25, -0.2) is 9.97 Å². The number of ether oxygens (including phenoxy) is 1. The van der Waals surface area contributed by atoms with E-state index in [1.807, 2.05) is 24.3 Å². The summed E-state index contributed by atoms with van der Waals surface area (Å²) in [6, 6.07) is 16.3. The second-order valence-electron chi connectivity index (χ2n) is 7.85. The molecule has 0 aliphatic carbocycles. The van der Waals surface area contributed by atoms with Crippen LogP contribution in [-0.4, -0.2) is 40.5 Å². The molecule has 0 radical (unpaired) electrons. The summed E-state index contributed by atoms with van der Waals surface area (Å²) in [5.41, 5.74) is 3.35. The summed E-state index contributed by atoms with van der Waals surface area (Å²) in [5, 5.41) is 4.48. The molecule has 1 atom stereocenters. The minimum atomic E-state index is -0.220. The van der Waals surface area contributed by atoms with E-state index < -0.39 is 0 Å². The average Bonchev–Trinajstić information content (AvgIpc) is 2.78. The molecule has 0 saturated carbocycles. The zero-order valence-electron chi connectivity index (χ0n) is 17.6. The molecule has 0 spiro atoms. The number of aryl methyl sites for hydroxylation is 1. The van der Waals surface area contributed by atoms with Crippen molar-refractivity contribution < 1.29 is 9.53 Å². The highest BCUT2D eigenvalue weighted by molar-refractivity contribution is 5.89. The van der Waals surface area contributed by atoms with Crippen molar-refractivity contribution in [1.82, 2.24) is 14.9 Å². The smallest absolute Gasteiger partial charge is 0.323 e. The van der Waals surface area contributed by atoms with Crippen LogP contribution in [0.4, 0.5) is 5.82 Å². The lowest BCUT2D eigenvalue weighted by Crippen LogP contribution is -2.44. The summed E-state index contributed by atoms with van der Waals surface area (Å²) in [4.78, 5) is 24.0. The van der Waals surface area contributed by atoms with E-state index in [1.54, 1.807) is 0 Å². The minimum absolute atomic E-state index is 0.173. The van der Waals surface area contributed by atoms with Gasteiger partial charge in [-0.15, -0.1) is 0 Å². The molecule has 6 heteroatoms. The molecule has 1 fully saturated rings. The quantitative estimate of drug-likeness (QED) is 0.625. The van der Waals surface area contributed by atoms with Crippen LogP contribution in [0, 0.1) is 6.92 Å². The average molecular weight is 405 g/mol. The first-order valence-electron chi connectivity index (χ1n) is 10.5. The van der Waals surface area contributed by atoms with Gasteiger partial charge in [0, 0.05) is 11.9 Å². The maximum Gasteiger partial charge on any atom is 0.323 e. The Morgan fingerprint density at radius 3 is 2.73 bits per heavy atom. The molecule has 4 rings (SSSR count). The summed E-state index contributed by atoms with van der Waals surface area (Å²) < 4.78 is 5.01. The first kappa shape index (κ1) is 20.3. The third-order valence-electron chi connectivity index (χ3n) is 5.66. The Morgan fingerprint density at radius 1 is 1.13 bits per heavy atom. The Morgan fingerprint density at radius 2 is 1.93 bits per heavy atom. The minimum Gasteiger partial charge on any atom is -0.468 e. The van der Waals surface area contributed by atoms with E-state index in [-0.39, 0.29) is 12.0 Å². The van der Waals surface area contributed by atoms with Crippen molar-refractivity contribution in [3.63, 3.8) is 0 Å². The van der Waals surface area contributed by atoms with Crippen LogP contribution in [0.3, 0.4) is 0 Å². The van der Waals surface area contributed by atoms with Crippen LogP contribution in [0.5, 0.6) is 0 Å². The number of carbonyl (C=O) groups is 1. The second-order valence-corrected chi connectivity index (χ2v) is 7.85. The van der Waals surface area contributed by atoms with Gasteiger partial charge in [-0.2, -0.15) is 0 Å². The van der Waals surface area contributed by atoms with Gasteiger partial charge in [-0.1, -0.05) is 48.4 Å². The van der Waals surface area contributed by atoms with Crippen molar-refractivity contribution in [2.75, 3.05) is 19.0 Å². The largest absolute Gasteiger partial charge is 0.468 e. The van der Waals surface area contributed by atoms with Crippen molar-refractivity contribution >= 4 is 22.7 Å². The Hall–Kier alpha value is -2.99. The first-order chi connectivity index (χ1) is 14.6. The van der Waals surface area contributed by atoms with Gasteiger partial charge >= 0.3 is 5.97 Å². The second kappa shape index (κ2) is 9.22. The van der Waals surface area contributed by atoms with Crippen molar-refractivity contribution in [3.05, 3.63) is 65.5 Å². The summed E-state index contributed by atoms with van der Waals surface area (Å²) in [7, 11) is 1.45. The fourth-order valence-electron chi connectivity index (χ4n) is 3.99. The van der Waals surface area contributed by atoms with E-state index in [0.29, 0.717) is 13.1 Å². The van der Waals surface area contributed by atoms with E-state index >= 15 is 0 Å². The Kier molecular flexibility index (Phi) is 6.23. The molecule has 0 bridgehead atoms. The number of hydrogen-bond donors (Lipinski definition) is 1. The molecule has 2 heterocycles. The lowest BCUT2D eigenvalue weighted by atomic mass is 10.0. The number of esters is 1. The molecule has 0 amide bonds. The molecular weight excluding hydrogens is 376 g/mol. The van der Waals surface area contributed by atoms with Crippen molar-refractivity contribution in [1.29, 1.82) is 0 Å². The summed E-state index contributed by atoms with van der Waals surface area (Å²) in [6.07, 6.45) is 2.93. The van der Waals surface area contributed by atoms with E-state index in [4.69, 9.17) is 14.7 Å². The van der Waals surface area contributed by atoms with Crippen LogP contribution in [0.25, 0.3) is 10.9 Å². The van der Waals surface area contributed by atoms with Gasteiger partial charge < -0.3 is 10.1 Å². The number of hydrogen-bond acceptors (Lipinski definition) is 6. The van der Waals surface area contributed by atoms with E-state index in [1.165, 1.54) is 18.2 Å². The van der Waals surface area contributed by atoms with Crippen LogP contribution in [0.1, 0.15) is 36.2 Å². The number of piperidine rings is 1. The monoisotopic (exact) mass is 404 g/mol. The maximum atomic E-state index is 12.2. The Balaban J connectivity index is 1.59. The SMILES string of the molecule is COC(=O)C1CCCCN1Cc1nc(NCc2ccc(C)cc2)c2ccccc2n1. The van der Waals surface area contributed by atoms with E-state index in [2.05, 4.69) is 41.4 Å². The predicted molar refractivity (Wildman–Crippen MR) is 118 cm³/mol. The Labute approximate surface area is 177 Å². The highest BCUT2D eigenvalue weighted by Crippen LogP contribution is 2.24. The van der Waals surface area contributed by atoms with Gasteiger partial charge in [0.25, 0.3) is 0 Å². The number of benzene rings is 2. The van der Waals surface area contributed by atoms with E-state index in [9.17, 15) is 4.79 Å². The normalized spacial score (nSPS) is 17.1. The number of nitrogens with zero attached hydrogens (tertiary/aromatic N) is 3. The molecule has 2 aromatic carbocycles. The highest BCUT2D eigenvalue weighted by Gasteiger charge is 2.30. The lowest BCUT2D eigenvalue weighted by molar-refractivity contribution is -0.148. The third kappa shape index (κ3) is 4.60. The molecule has 1 saturated heterocycles. The van der Waals surface area contributed by atoms with Gasteiger partial charge in [0.2, 0.25) is 0 Å². The summed E-state index contributed by atoms with van der Waals surface area (Å²) in [5.74, 6) is 1.37. The van der Waals surface area contributed by atoms with Crippen molar-refractivity contribution in [2.24, 2.45) is 0 Å². The number of aromatic nitrogens is 2. The maximum absolute atomic E-state index is 12.2. The van der Waals surface area contributed by atoms with E-state index in [0.717, 1.165) is 48.4 Å². The van der Waals surface area contributed by atoms with Gasteiger partial charge in [0.15, 0.2) is 0 Å². The zero-order chi connectivity index (χ0) is 20.9. The third-order valence-corrected chi connectivity index (χ3v) is 5.66. The van der Waals surface area contributed by atoms with Crippen molar-refractivity contribution in [2.45, 2.75) is 45.3 Å². The number of para-hydroxylation sites is 1. The molecule has 1 aromatic heterocycles. The predicted octanol–water partition coefficient (Wildman–Crippen LogP) is 4.08.